The lowest BCUT2D eigenvalue weighted by molar-refractivity contribution is -0.137. The lowest BCUT2D eigenvalue weighted by Crippen LogP contribution is -2.48. The molecule has 0 aromatic rings. The van der Waals surface area contributed by atoms with Crippen molar-refractivity contribution in [3.63, 3.8) is 0 Å². The third-order valence-electron chi connectivity index (χ3n) is 3.96. The number of carboxylic acid groups (broad SMARTS) is 1. The second-order valence-electron chi connectivity index (χ2n) is 5.68. The minimum atomic E-state index is -0.875. The van der Waals surface area contributed by atoms with E-state index in [1.807, 2.05) is 25.6 Å². The molecule has 2 amide bonds. The molecule has 0 radical (unpaired) electrons. The zero-order chi connectivity index (χ0) is 15.2. The molecule has 0 atom stereocenters. The van der Waals surface area contributed by atoms with Crippen molar-refractivity contribution in [2.45, 2.75) is 56.7 Å². The van der Waals surface area contributed by atoms with Crippen molar-refractivity contribution in [3.05, 3.63) is 0 Å². The molecule has 20 heavy (non-hydrogen) atoms. The van der Waals surface area contributed by atoms with E-state index in [9.17, 15) is 9.59 Å². The molecule has 1 rings (SSSR count). The van der Waals surface area contributed by atoms with Gasteiger partial charge in [0.2, 0.25) is 0 Å². The number of hydrogen-bond acceptors (Lipinski definition) is 3. The van der Waals surface area contributed by atoms with Crippen molar-refractivity contribution >= 4 is 23.8 Å². The van der Waals surface area contributed by atoms with Gasteiger partial charge in [-0.2, -0.15) is 11.8 Å². The van der Waals surface area contributed by atoms with Crippen molar-refractivity contribution < 1.29 is 14.7 Å². The van der Waals surface area contributed by atoms with Crippen LogP contribution in [-0.2, 0) is 4.79 Å². The van der Waals surface area contributed by atoms with Crippen LogP contribution in [0, 0.1) is 0 Å². The van der Waals surface area contributed by atoms with Crippen LogP contribution in [0.4, 0.5) is 4.79 Å². The van der Waals surface area contributed by atoms with Crippen molar-refractivity contribution in [2.24, 2.45) is 0 Å². The highest BCUT2D eigenvalue weighted by Gasteiger charge is 2.33. The maximum absolute atomic E-state index is 12.2. The molecular formula is C14H26N2O3S. The van der Waals surface area contributed by atoms with Crippen molar-refractivity contribution in [2.75, 3.05) is 19.3 Å². The summed E-state index contributed by atoms with van der Waals surface area (Å²) in [6.45, 7) is 4.73. The number of nitrogens with zero attached hydrogens (tertiary/aromatic N) is 1. The number of urea groups is 1. The summed E-state index contributed by atoms with van der Waals surface area (Å²) in [6.07, 6.45) is 6.82. The van der Waals surface area contributed by atoms with E-state index in [0.29, 0.717) is 6.54 Å². The van der Waals surface area contributed by atoms with Gasteiger partial charge in [0.25, 0.3) is 0 Å². The molecule has 116 valence electrons. The molecule has 0 aromatic heterocycles. The molecule has 5 nitrogen and oxygen atoms in total. The Morgan fingerprint density at radius 1 is 1.35 bits per heavy atom. The lowest BCUT2D eigenvalue weighted by Gasteiger charge is -2.31. The summed E-state index contributed by atoms with van der Waals surface area (Å²) in [5, 5.41) is 11.7. The first-order valence-electron chi connectivity index (χ1n) is 7.21. The van der Waals surface area contributed by atoms with E-state index in [4.69, 9.17) is 5.11 Å². The van der Waals surface area contributed by atoms with Crippen molar-refractivity contribution in [1.29, 1.82) is 0 Å². The summed E-state index contributed by atoms with van der Waals surface area (Å²) < 4.78 is 0.172. The number of rotatable bonds is 7. The van der Waals surface area contributed by atoms with E-state index in [0.717, 1.165) is 12.8 Å². The molecule has 0 saturated heterocycles. The van der Waals surface area contributed by atoms with Crippen LogP contribution in [0.15, 0.2) is 0 Å². The fraction of sp³-hybridized carbons (Fsp3) is 0.857. The Balaban J connectivity index is 2.51. The zero-order valence-electron chi connectivity index (χ0n) is 12.6. The van der Waals surface area contributed by atoms with E-state index in [2.05, 4.69) is 11.6 Å². The van der Waals surface area contributed by atoms with Crippen LogP contribution in [-0.4, -0.2) is 52.1 Å². The molecule has 0 bridgehead atoms. The van der Waals surface area contributed by atoms with Crippen LogP contribution >= 0.6 is 11.8 Å². The molecule has 0 spiro atoms. The minimum absolute atomic E-state index is 0.00292. The average Bonchev–Trinajstić information content (AvgIpc) is 2.85. The van der Waals surface area contributed by atoms with Gasteiger partial charge in [0.05, 0.1) is 6.42 Å². The number of carbonyl (C=O) groups is 2. The SMILES string of the molecule is CSC1(CNC(=O)N(CCC(=O)O)C(C)C)CCCC1. The number of carbonyl (C=O) groups excluding carboxylic acids is 1. The standard InChI is InChI=1S/C14H26N2O3S/c1-11(2)16(9-6-12(17)18)13(19)15-10-14(20-3)7-4-5-8-14/h11H,4-10H2,1-3H3,(H,15,19)(H,17,18). The first-order valence-corrected chi connectivity index (χ1v) is 8.44. The topological polar surface area (TPSA) is 69.6 Å². The van der Waals surface area contributed by atoms with Crippen LogP contribution in [0.2, 0.25) is 0 Å². The molecular weight excluding hydrogens is 276 g/mol. The fourth-order valence-electron chi connectivity index (χ4n) is 2.62. The van der Waals surface area contributed by atoms with Gasteiger partial charge in [-0.05, 0) is 32.9 Å². The summed E-state index contributed by atoms with van der Waals surface area (Å²) in [7, 11) is 0. The normalized spacial score (nSPS) is 17.2. The Kier molecular flexibility index (Phi) is 6.65. The van der Waals surface area contributed by atoms with E-state index in [-0.39, 0.29) is 29.8 Å². The first-order chi connectivity index (χ1) is 9.40. The van der Waals surface area contributed by atoms with E-state index < -0.39 is 5.97 Å². The Labute approximate surface area is 125 Å². The predicted molar refractivity (Wildman–Crippen MR) is 82.2 cm³/mol. The highest BCUT2D eigenvalue weighted by atomic mass is 32.2. The van der Waals surface area contributed by atoms with Gasteiger partial charge in [-0.3, -0.25) is 4.79 Å². The van der Waals surface area contributed by atoms with Crippen LogP contribution in [0.3, 0.4) is 0 Å². The maximum atomic E-state index is 12.2. The van der Waals surface area contributed by atoms with Crippen LogP contribution in [0.25, 0.3) is 0 Å². The summed E-state index contributed by atoms with van der Waals surface area (Å²) in [4.78, 5) is 24.5. The summed E-state index contributed by atoms with van der Waals surface area (Å²) in [5.41, 5.74) is 0. The second-order valence-corrected chi connectivity index (χ2v) is 6.96. The quantitative estimate of drug-likeness (QED) is 0.758. The van der Waals surface area contributed by atoms with E-state index >= 15 is 0 Å². The summed E-state index contributed by atoms with van der Waals surface area (Å²) in [6, 6.07) is -0.148. The number of hydrogen-bond donors (Lipinski definition) is 2. The highest BCUT2D eigenvalue weighted by molar-refractivity contribution is 8.00. The Hall–Kier alpha value is -0.910. The van der Waals surface area contributed by atoms with E-state index in [1.54, 1.807) is 4.90 Å². The fourth-order valence-corrected chi connectivity index (χ4v) is 3.53. The average molecular weight is 302 g/mol. The first kappa shape index (κ1) is 17.1. The summed E-state index contributed by atoms with van der Waals surface area (Å²) in [5.74, 6) is -0.875. The molecule has 0 aromatic carbocycles. The highest BCUT2D eigenvalue weighted by Crippen LogP contribution is 2.39. The van der Waals surface area contributed by atoms with Gasteiger partial charge in [0.1, 0.15) is 0 Å². The summed E-state index contributed by atoms with van der Waals surface area (Å²) >= 11 is 1.83. The smallest absolute Gasteiger partial charge is 0.317 e. The number of amides is 2. The number of thioether (sulfide) groups is 1. The van der Waals surface area contributed by atoms with Gasteiger partial charge in [0, 0.05) is 23.9 Å². The molecule has 0 heterocycles. The third kappa shape index (κ3) is 4.89. The molecule has 2 N–H and O–H groups in total. The maximum Gasteiger partial charge on any atom is 0.317 e. The molecule has 0 unspecified atom stereocenters. The molecule has 6 heteroatoms. The number of nitrogens with one attached hydrogen (secondary N) is 1. The molecule has 1 fully saturated rings. The Morgan fingerprint density at radius 2 is 1.95 bits per heavy atom. The molecule has 1 aliphatic rings. The second kappa shape index (κ2) is 7.76. The van der Waals surface area contributed by atoms with Crippen molar-refractivity contribution in [1.82, 2.24) is 10.2 Å². The lowest BCUT2D eigenvalue weighted by atomic mass is 10.1. The number of aliphatic carboxylic acids is 1. The molecule has 1 saturated carbocycles. The van der Waals surface area contributed by atoms with Crippen LogP contribution in [0.5, 0.6) is 0 Å². The van der Waals surface area contributed by atoms with Crippen molar-refractivity contribution in [3.8, 4) is 0 Å². The van der Waals surface area contributed by atoms with E-state index in [1.165, 1.54) is 12.8 Å². The largest absolute Gasteiger partial charge is 0.481 e. The molecule has 1 aliphatic carbocycles. The van der Waals surface area contributed by atoms with Gasteiger partial charge in [-0.25, -0.2) is 4.79 Å². The Bertz CT molecular complexity index is 341. The molecule has 0 aliphatic heterocycles. The number of carboxylic acids is 1. The predicted octanol–water partition coefficient (Wildman–Crippen LogP) is 2.56. The zero-order valence-corrected chi connectivity index (χ0v) is 13.5. The van der Waals surface area contributed by atoms with Crippen LogP contribution in [0.1, 0.15) is 46.0 Å². The van der Waals surface area contributed by atoms with Gasteiger partial charge in [-0.1, -0.05) is 12.8 Å². The van der Waals surface area contributed by atoms with Gasteiger partial charge >= 0.3 is 12.0 Å². The third-order valence-corrected chi connectivity index (χ3v) is 5.38. The monoisotopic (exact) mass is 302 g/mol. The Morgan fingerprint density at radius 3 is 2.40 bits per heavy atom. The van der Waals surface area contributed by atoms with Gasteiger partial charge in [0.15, 0.2) is 0 Å². The van der Waals surface area contributed by atoms with Crippen LogP contribution < -0.4 is 5.32 Å². The minimum Gasteiger partial charge on any atom is -0.481 e. The van der Waals surface area contributed by atoms with Gasteiger partial charge < -0.3 is 15.3 Å². The van der Waals surface area contributed by atoms with Gasteiger partial charge in [-0.15, -0.1) is 0 Å².